The van der Waals surface area contributed by atoms with Gasteiger partial charge in [0.2, 0.25) is 11.8 Å². The van der Waals surface area contributed by atoms with Crippen LogP contribution in [0.1, 0.15) is 16.8 Å². The zero-order valence-electron chi connectivity index (χ0n) is 10.6. The normalized spacial score (nSPS) is 12.3. The molecule has 106 valence electrons. The third-order valence-corrected chi connectivity index (χ3v) is 3.76. The Morgan fingerprint density at radius 2 is 1.86 bits per heavy atom. The van der Waals surface area contributed by atoms with Gasteiger partial charge in [0.1, 0.15) is 11.2 Å². The van der Waals surface area contributed by atoms with E-state index in [2.05, 4.69) is 26.1 Å². The Bertz CT molecular complexity index is 743. The molecule has 0 aliphatic heterocycles. The summed E-state index contributed by atoms with van der Waals surface area (Å²) in [6.07, 6.45) is 0. The standard InChI is InChI=1S/C15H9BrClFN2O/c16-11-6-10(7-12(18)8-11)14-19-20-15(21-14)13(17)9-4-2-1-3-5-9/h1-8,13H. The molecule has 1 heterocycles. The van der Waals surface area contributed by atoms with Crippen molar-refractivity contribution < 1.29 is 8.81 Å². The second-order valence-electron chi connectivity index (χ2n) is 4.38. The van der Waals surface area contributed by atoms with Gasteiger partial charge in [-0.25, -0.2) is 4.39 Å². The molecule has 0 aliphatic carbocycles. The van der Waals surface area contributed by atoms with Crippen LogP contribution in [0.4, 0.5) is 4.39 Å². The smallest absolute Gasteiger partial charge is 0.247 e. The number of nitrogens with zero attached hydrogens (tertiary/aromatic N) is 2. The molecule has 0 saturated carbocycles. The molecule has 2 aromatic carbocycles. The van der Waals surface area contributed by atoms with Crippen molar-refractivity contribution in [2.24, 2.45) is 0 Å². The van der Waals surface area contributed by atoms with Crippen LogP contribution < -0.4 is 0 Å². The van der Waals surface area contributed by atoms with Crippen LogP contribution in [0.15, 0.2) is 57.4 Å². The SMILES string of the molecule is Fc1cc(Br)cc(-c2nnc(C(Cl)c3ccccc3)o2)c1. The molecule has 0 saturated heterocycles. The predicted molar refractivity (Wildman–Crippen MR) is 81.5 cm³/mol. The lowest BCUT2D eigenvalue weighted by Crippen LogP contribution is -1.92. The largest absolute Gasteiger partial charge is 0.419 e. The fraction of sp³-hybridized carbons (Fsp3) is 0.0667. The molecule has 0 aliphatic rings. The maximum atomic E-state index is 13.4. The molecule has 1 unspecified atom stereocenters. The van der Waals surface area contributed by atoms with Crippen LogP contribution in [0.3, 0.4) is 0 Å². The summed E-state index contributed by atoms with van der Waals surface area (Å²) in [7, 11) is 0. The van der Waals surface area contributed by atoms with Crippen molar-refractivity contribution in [2.45, 2.75) is 5.38 Å². The fourth-order valence-corrected chi connectivity index (χ4v) is 2.59. The van der Waals surface area contributed by atoms with Gasteiger partial charge >= 0.3 is 0 Å². The fourth-order valence-electron chi connectivity index (χ4n) is 1.90. The molecule has 0 bridgehead atoms. The van der Waals surface area contributed by atoms with Gasteiger partial charge in [-0.05, 0) is 23.8 Å². The average molecular weight is 368 g/mol. The molecule has 21 heavy (non-hydrogen) atoms. The summed E-state index contributed by atoms with van der Waals surface area (Å²) in [6.45, 7) is 0. The molecule has 3 aromatic rings. The van der Waals surface area contributed by atoms with Crippen molar-refractivity contribution in [1.82, 2.24) is 10.2 Å². The van der Waals surface area contributed by atoms with Gasteiger partial charge in [-0.3, -0.25) is 0 Å². The zero-order valence-corrected chi connectivity index (χ0v) is 13.0. The van der Waals surface area contributed by atoms with E-state index in [1.54, 1.807) is 6.07 Å². The highest BCUT2D eigenvalue weighted by Crippen LogP contribution is 2.30. The Balaban J connectivity index is 1.93. The lowest BCUT2D eigenvalue weighted by Gasteiger charge is -2.04. The predicted octanol–water partition coefficient (Wildman–Crippen LogP) is 4.97. The summed E-state index contributed by atoms with van der Waals surface area (Å²) < 4.78 is 19.6. The van der Waals surface area contributed by atoms with Crippen molar-refractivity contribution in [3.05, 3.63) is 70.3 Å². The first-order valence-electron chi connectivity index (χ1n) is 6.12. The Kier molecular flexibility index (Phi) is 4.03. The van der Waals surface area contributed by atoms with E-state index < -0.39 is 5.38 Å². The van der Waals surface area contributed by atoms with Crippen LogP contribution in [0, 0.1) is 5.82 Å². The minimum Gasteiger partial charge on any atom is -0.419 e. The highest BCUT2D eigenvalue weighted by Gasteiger charge is 2.19. The average Bonchev–Trinajstić information content (AvgIpc) is 2.96. The summed E-state index contributed by atoms with van der Waals surface area (Å²) in [5, 5.41) is 7.33. The van der Waals surface area contributed by atoms with Crippen LogP contribution in [0.25, 0.3) is 11.5 Å². The number of benzene rings is 2. The van der Waals surface area contributed by atoms with Gasteiger partial charge in [0.25, 0.3) is 0 Å². The molecule has 0 radical (unpaired) electrons. The molecular weight excluding hydrogens is 359 g/mol. The highest BCUT2D eigenvalue weighted by atomic mass is 79.9. The first-order valence-corrected chi connectivity index (χ1v) is 7.35. The summed E-state index contributed by atoms with van der Waals surface area (Å²) >= 11 is 9.54. The Morgan fingerprint density at radius 3 is 2.57 bits per heavy atom. The molecule has 0 fully saturated rings. The van der Waals surface area contributed by atoms with Crippen LogP contribution in [0.2, 0.25) is 0 Å². The van der Waals surface area contributed by atoms with Gasteiger partial charge in [-0.1, -0.05) is 46.3 Å². The van der Waals surface area contributed by atoms with Crippen molar-refractivity contribution in [1.29, 1.82) is 0 Å². The molecule has 1 aromatic heterocycles. The maximum absolute atomic E-state index is 13.4. The zero-order chi connectivity index (χ0) is 14.8. The van der Waals surface area contributed by atoms with Gasteiger partial charge < -0.3 is 4.42 Å². The number of hydrogen-bond donors (Lipinski definition) is 0. The number of aromatic nitrogens is 2. The van der Waals surface area contributed by atoms with Gasteiger partial charge in [0.15, 0.2) is 0 Å². The van der Waals surface area contributed by atoms with Gasteiger partial charge in [-0.15, -0.1) is 21.8 Å². The van der Waals surface area contributed by atoms with Crippen LogP contribution in [-0.2, 0) is 0 Å². The first-order chi connectivity index (χ1) is 10.1. The van der Waals surface area contributed by atoms with Crippen molar-refractivity contribution >= 4 is 27.5 Å². The molecule has 3 nitrogen and oxygen atoms in total. The van der Waals surface area contributed by atoms with E-state index in [4.69, 9.17) is 16.0 Å². The first kappa shape index (κ1) is 14.2. The van der Waals surface area contributed by atoms with Crippen molar-refractivity contribution in [3.8, 4) is 11.5 Å². The second kappa shape index (κ2) is 5.95. The van der Waals surface area contributed by atoms with E-state index in [0.717, 1.165) is 5.56 Å². The van der Waals surface area contributed by atoms with Crippen LogP contribution >= 0.6 is 27.5 Å². The summed E-state index contributed by atoms with van der Waals surface area (Å²) in [5.74, 6) is 0.120. The lowest BCUT2D eigenvalue weighted by molar-refractivity contribution is 0.512. The molecule has 3 rings (SSSR count). The van der Waals surface area contributed by atoms with E-state index in [0.29, 0.717) is 10.0 Å². The van der Waals surface area contributed by atoms with Crippen molar-refractivity contribution in [3.63, 3.8) is 0 Å². The van der Waals surface area contributed by atoms with E-state index >= 15 is 0 Å². The highest BCUT2D eigenvalue weighted by molar-refractivity contribution is 9.10. The molecule has 0 amide bonds. The Labute approximate surface area is 133 Å². The van der Waals surface area contributed by atoms with E-state index in [9.17, 15) is 4.39 Å². The van der Waals surface area contributed by atoms with Gasteiger partial charge in [0, 0.05) is 10.0 Å². The topological polar surface area (TPSA) is 38.9 Å². The number of alkyl halides is 1. The number of rotatable bonds is 3. The number of halogens is 3. The van der Waals surface area contributed by atoms with Crippen LogP contribution in [0.5, 0.6) is 0 Å². The summed E-state index contributed by atoms with van der Waals surface area (Å²) in [4.78, 5) is 0. The Morgan fingerprint density at radius 1 is 1.10 bits per heavy atom. The third kappa shape index (κ3) is 3.14. The quantitative estimate of drug-likeness (QED) is 0.614. The lowest BCUT2D eigenvalue weighted by atomic mass is 10.1. The monoisotopic (exact) mass is 366 g/mol. The van der Waals surface area contributed by atoms with Gasteiger partial charge in [0.05, 0.1) is 0 Å². The van der Waals surface area contributed by atoms with E-state index in [1.807, 2.05) is 30.3 Å². The minimum absolute atomic E-state index is 0.229. The van der Waals surface area contributed by atoms with Crippen molar-refractivity contribution in [2.75, 3.05) is 0 Å². The molecule has 6 heteroatoms. The van der Waals surface area contributed by atoms with E-state index in [-0.39, 0.29) is 17.6 Å². The molecular formula is C15H9BrClFN2O. The molecule has 0 spiro atoms. The Hall–Kier alpha value is -1.72. The summed E-state index contributed by atoms with van der Waals surface area (Å²) in [6, 6.07) is 13.8. The second-order valence-corrected chi connectivity index (χ2v) is 5.73. The van der Waals surface area contributed by atoms with Gasteiger partial charge in [-0.2, -0.15) is 0 Å². The van der Waals surface area contributed by atoms with Crippen LogP contribution in [-0.4, -0.2) is 10.2 Å². The molecule has 0 N–H and O–H groups in total. The third-order valence-electron chi connectivity index (χ3n) is 2.86. The number of hydrogen-bond acceptors (Lipinski definition) is 3. The minimum atomic E-state index is -0.538. The maximum Gasteiger partial charge on any atom is 0.247 e. The summed E-state index contributed by atoms with van der Waals surface area (Å²) in [5.41, 5.74) is 1.35. The molecule has 1 atom stereocenters. The van der Waals surface area contributed by atoms with E-state index in [1.165, 1.54) is 12.1 Å².